The van der Waals surface area contributed by atoms with Crippen molar-refractivity contribution in [2.24, 2.45) is 5.92 Å². The molecule has 2 amide bonds. The summed E-state index contributed by atoms with van der Waals surface area (Å²) < 4.78 is 23.7. The number of phenols is 1. The number of allylic oxidation sites excluding steroid dienone is 2. The van der Waals surface area contributed by atoms with E-state index in [1.54, 1.807) is 72.8 Å². The van der Waals surface area contributed by atoms with Crippen LogP contribution in [0.4, 0.5) is 10.1 Å². The largest absolute Gasteiger partial charge is 0.504 e. The van der Waals surface area contributed by atoms with E-state index < -0.39 is 52.3 Å². The number of hydrogen-bond donors (Lipinski definition) is 2. The maximum atomic E-state index is 15.2. The quantitative estimate of drug-likeness (QED) is 0.168. The molecule has 11 nitrogen and oxygen atoms in total. The molecule has 3 heterocycles. The second kappa shape index (κ2) is 12.1. The average molecular weight is 773 g/mol. The number of amides is 2. The topological polar surface area (TPSA) is 128 Å². The molecule has 4 unspecified atom stereocenters. The maximum absolute atomic E-state index is 15.2. The molecule has 3 aliphatic rings. The van der Waals surface area contributed by atoms with E-state index in [4.69, 9.17) is 16.3 Å². The molecule has 5 aromatic rings. The maximum Gasteiger partial charge on any atom is 0.352 e. The summed E-state index contributed by atoms with van der Waals surface area (Å²) >= 11 is 9.87. The second-order valence-electron chi connectivity index (χ2n) is 12.6. The van der Waals surface area contributed by atoms with Crippen LogP contribution in [-0.4, -0.2) is 43.0 Å². The number of anilines is 1. The van der Waals surface area contributed by atoms with Crippen LogP contribution in [0.15, 0.2) is 117 Å². The van der Waals surface area contributed by atoms with Crippen LogP contribution < -0.4 is 21.5 Å². The van der Waals surface area contributed by atoms with E-state index in [0.717, 1.165) is 9.58 Å². The highest BCUT2D eigenvalue weighted by Crippen LogP contribution is 2.63. The predicted molar refractivity (Wildman–Crippen MR) is 190 cm³/mol. The number of ether oxygens (including phenoxy) is 1. The number of imide groups is 1. The molecule has 8 rings (SSSR count). The summed E-state index contributed by atoms with van der Waals surface area (Å²) in [6, 6.07) is 22.7. The van der Waals surface area contributed by atoms with Gasteiger partial charge >= 0.3 is 11.4 Å². The number of rotatable bonds is 6. The Balaban J connectivity index is 1.41. The summed E-state index contributed by atoms with van der Waals surface area (Å²) in [5, 5.41) is 13.1. The van der Waals surface area contributed by atoms with E-state index in [0.29, 0.717) is 26.3 Å². The second-order valence-corrected chi connectivity index (χ2v) is 14.0. The zero-order chi connectivity index (χ0) is 35.8. The van der Waals surface area contributed by atoms with Crippen LogP contribution in [-0.2, 0) is 21.5 Å². The van der Waals surface area contributed by atoms with Crippen LogP contribution in [0.2, 0.25) is 5.02 Å². The zero-order valence-corrected chi connectivity index (χ0v) is 29.1. The van der Waals surface area contributed by atoms with Gasteiger partial charge in [-0.3, -0.25) is 15.0 Å². The number of para-hydroxylation sites is 1. The van der Waals surface area contributed by atoms with Gasteiger partial charge in [-0.1, -0.05) is 63.9 Å². The lowest BCUT2D eigenvalue weighted by Gasteiger charge is -2.49. The summed E-state index contributed by atoms with van der Waals surface area (Å²) in [5.74, 6) is -4.10. The fourth-order valence-corrected chi connectivity index (χ4v) is 8.61. The van der Waals surface area contributed by atoms with Gasteiger partial charge in [0.15, 0.2) is 11.5 Å². The molecule has 1 aliphatic carbocycles. The number of nitrogens with zero attached hydrogens (tertiary/aromatic N) is 4. The molecule has 0 radical (unpaired) electrons. The smallest absolute Gasteiger partial charge is 0.352 e. The number of hydrogen-bond acceptors (Lipinski definition) is 7. The SMILES string of the molecule is COc1cc(Br)cc(C2C3=CCn4c(=O)n(-c5ccccc5)c(=O)n4C3CC3C(=O)N(Nc4ccc(F)cc4)C(=O)C32c2ccc(Cl)cc2)c1O. The normalized spacial score (nSPS) is 22.2. The number of halogens is 3. The summed E-state index contributed by atoms with van der Waals surface area (Å²) in [6.07, 6.45) is 1.74. The number of methoxy groups -OCH3 is 1. The van der Waals surface area contributed by atoms with Gasteiger partial charge in [0, 0.05) is 21.0 Å². The van der Waals surface area contributed by atoms with E-state index in [-0.39, 0.29) is 35.7 Å². The summed E-state index contributed by atoms with van der Waals surface area (Å²) in [4.78, 5) is 58.1. The van der Waals surface area contributed by atoms with Crippen LogP contribution in [0.1, 0.15) is 29.5 Å². The molecular formula is C37H28BrClFN5O6. The third kappa shape index (κ3) is 4.82. The summed E-state index contributed by atoms with van der Waals surface area (Å²) in [7, 11) is 1.40. The highest BCUT2D eigenvalue weighted by Gasteiger charge is 2.69. The van der Waals surface area contributed by atoms with Crippen LogP contribution in [0, 0.1) is 11.7 Å². The monoisotopic (exact) mass is 771 g/mol. The minimum absolute atomic E-state index is 0.0246. The standard InChI is InChI=1S/C37H28BrClFN5O6/c1-51-30-18-21(38)17-27(32(30)46)31-26-15-16-42-35(49)43(25-5-3-2-4-6-25)36(50)45(42)29(26)19-28-33(47)44(41-24-13-11-23(40)12-14-24)34(48)37(28,31)20-7-9-22(39)10-8-20/h2-15,17-18,28-29,31,41,46H,16,19H2,1H3. The number of carbonyl (C=O) groups is 2. The van der Waals surface area contributed by atoms with Gasteiger partial charge in [-0.25, -0.2) is 27.9 Å². The number of benzene rings is 4. The summed E-state index contributed by atoms with van der Waals surface area (Å²) in [6.45, 7) is -0.0246. The molecule has 14 heteroatoms. The Bertz CT molecular complexity index is 2390. The fraction of sp³-hybridized carbons (Fsp3) is 0.189. The average Bonchev–Trinajstić information content (AvgIpc) is 3.51. The van der Waals surface area contributed by atoms with Crippen molar-refractivity contribution >= 4 is 45.0 Å². The van der Waals surface area contributed by atoms with Crippen molar-refractivity contribution in [1.29, 1.82) is 0 Å². The summed E-state index contributed by atoms with van der Waals surface area (Å²) in [5.41, 5.74) is 1.93. The molecule has 4 atom stereocenters. The number of aromatic nitrogens is 3. The van der Waals surface area contributed by atoms with Gasteiger partial charge < -0.3 is 9.84 Å². The molecule has 1 saturated heterocycles. The zero-order valence-electron chi connectivity index (χ0n) is 26.8. The number of aromatic hydroxyl groups is 1. The van der Waals surface area contributed by atoms with Crippen molar-refractivity contribution in [2.75, 3.05) is 12.5 Å². The Labute approximate surface area is 302 Å². The highest BCUT2D eigenvalue weighted by atomic mass is 79.9. The van der Waals surface area contributed by atoms with Crippen LogP contribution in [0.3, 0.4) is 0 Å². The van der Waals surface area contributed by atoms with Gasteiger partial charge in [0.05, 0.1) is 42.4 Å². The first-order chi connectivity index (χ1) is 24.6. The van der Waals surface area contributed by atoms with Crippen LogP contribution >= 0.6 is 27.5 Å². The molecule has 4 aromatic carbocycles. The molecule has 258 valence electrons. The Morgan fingerprint density at radius 3 is 2.35 bits per heavy atom. The number of nitrogens with one attached hydrogen (secondary N) is 1. The van der Waals surface area contributed by atoms with Gasteiger partial charge in [-0.2, -0.15) is 5.01 Å². The molecular weight excluding hydrogens is 745 g/mol. The molecule has 1 saturated carbocycles. The number of fused-ring (bicyclic) bond motifs is 4. The van der Waals surface area contributed by atoms with Crippen LogP contribution in [0.25, 0.3) is 5.69 Å². The lowest BCUT2D eigenvalue weighted by atomic mass is 9.53. The molecule has 2 fully saturated rings. The minimum atomic E-state index is -1.70. The van der Waals surface area contributed by atoms with E-state index in [1.807, 2.05) is 0 Å². The van der Waals surface area contributed by atoms with Gasteiger partial charge in [0.1, 0.15) is 5.82 Å². The third-order valence-electron chi connectivity index (χ3n) is 10.1. The third-order valence-corrected chi connectivity index (χ3v) is 10.8. The Hall–Kier alpha value is -5.40. The van der Waals surface area contributed by atoms with Crippen molar-refractivity contribution in [1.82, 2.24) is 18.9 Å². The van der Waals surface area contributed by atoms with Crippen molar-refractivity contribution in [3.63, 3.8) is 0 Å². The van der Waals surface area contributed by atoms with E-state index in [1.165, 1.54) is 40.7 Å². The molecule has 0 bridgehead atoms. The highest BCUT2D eigenvalue weighted by molar-refractivity contribution is 9.10. The van der Waals surface area contributed by atoms with Crippen molar-refractivity contribution in [2.45, 2.75) is 30.3 Å². The minimum Gasteiger partial charge on any atom is -0.504 e. The van der Waals surface area contributed by atoms with Gasteiger partial charge in [-0.05, 0) is 78.2 Å². The van der Waals surface area contributed by atoms with Crippen molar-refractivity contribution in [3.05, 3.63) is 150 Å². The number of hydrazine groups is 1. The lowest BCUT2D eigenvalue weighted by Crippen LogP contribution is -2.53. The van der Waals surface area contributed by atoms with Gasteiger partial charge in [0.25, 0.3) is 11.8 Å². The van der Waals surface area contributed by atoms with E-state index in [2.05, 4.69) is 21.4 Å². The lowest BCUT2D eigenvalue weighted by molar-refractivity contribution is -0.138. The Morgan fingerprint density at radius 2 is 1.67 bits per heavy atom. The van der Waals surface area contributed by atoms with Crippen molar-refractivity contribution < 1.29 is 23.8 Å². The first-order valence-corrected chi connectivity index (χ1v) is 17.2. The molecule has 0 spiro atoms. The number of carbonyl (C=O) groups excluding carboxylic acids is 2. The fourth-order valence-electron chi connectivity index (χ4n) is 8.03. The molecule has 2 N–H and O–H groups in total. The molecule has 2 aliphatic heterocycles. The van der Waals surface area contributed by atoms with Crippen LogP contribution in [0.5, 0.6) is 11.5 Å². The predicted octanol–water partition coefficient (Wildman–Crippen LogP) is 5.69. The Morgan fingerprint density at radius 1 is 0.961 bits per heavy atom. The number of phenolic OH excluding ortho intramolecular Hbond substituents is 1. The first-order valence-electron chi connectivity index (χ1n) is 16.0. The van der Waals surface area contributed by atoms with Gasteiger partial charge in [-0.15, -0.1) is 0 Å². The van der Waals surface area contributed by atoms with E-state index >= 15 is 4.79 Å². The van der Waals surface area contributed by atoms with Crippen molar-refractivity contribution in [3.8, 4) is 17.2 Å². The Kier molecular flexibility index (Phi) is 7.80. The molecule has 1 aromatic heterocycles. The van der Waals surface area contributed by atoms with E-state index in [9.17, 15) is 23.9 Å². The first kappa shape index (κ1) is 32.8. The van der Waals surface area contributed by atoms with Gasteiger partial charge in [0.2, 0.25) is 0 Å². The molecule has 51 heavy (non-hydrogen) atoms.